The summed E-state index contributed by atoms with van der Waals surface area (Å²) in [6.07, 6.45) is 3.41. The molecular formula is C15H17N3O2. The van der Waals surface area contributed by atoms with Crippen molar-refractivity contribution in [3.63, 3.8) is 0 Å². The summed E-state index contributed by atoms with van der Waals surface area (Å²) >= 11 is 0. The summed E-state index contributed by atoms with van der Waals surface area (Å²) in [7, 11) is 1.61. The van der Waals surface area contributed by atoms with Gasteiger partial charge in [-0.05, 0) is 25.3 Å². The first-order chi connectivity index (χ1) is 9.78. The third kappa shape index (κ3) is 2.39. The van der Waals surface area contributed by atoms with Crippen molar-refractivity contribution in [1.29, 1.82) is 0 Å². The number of benzene rings is 1. The highest BCUT2D eigenvalue weighted by atomic mass is 16.5. The van der Waals surface area contributed by atoms with Crippen molar-refractivity contribution < 1.29 is 9.53 Å². The van der Waals surface area contributed by atoms with Crippen LogP contribution in [0.15, 0.2) is 24.3 Å². The number of rotatable bonds is 4. The van der Waals surface area contributed by atoms with Gasteiger partial charge in [0.25, 0.3) is 0 Å². The summed E-state index contributed by atoms with van der Waals surface area (Å²) in [6, 6.07) is 7.54. The molecule has 20 heavy (non-hydrogen) atoms. The van der Waals surface area contributed by atoms with Gasteiger partial charge in [0.1, 0.15) is 5.75 Å². The molecule has 1 aromatic carbocycles. The van der Waals surface area contributed by atoms with E-state index in [0.29, 0.717) is 5.82 Å². The number of fused-ring (bicyclic) bond motifs is 1. The predicted octanol–water partition coefficient (Wildman–Crippen LogP) is 2.09. The Balaban J connectivity index is 1.70. The standard InChI is InChI=1S/C15H17N3O2/c1-20-13-8-3-2-5-10(13)9-14(19)16-15-11-6-4-7-12(11)17-18-15/h2-3,5,8H,4,6-7,9H2,1H3,(H2,16,17,18,19). The molecule has 2 N–H and O–H groups in total. The number of aryl methyl sites for hydroxylation is 1. The summed E-state index contributed by atoms with van der Waals surface area (Å²) in [5.41, 5.74) is 3.18. The molecule has 0 fully saturated rings. The van der Waals surface area contributed by atoms with Gasteiger partial charge in [0.2, 0.25) is 5.91 Å². The van der Waals surface area contributed by atoms with Crippen molar-refractivity contribution in [2.24, 2.45) is 0 Å². The lowest BCUT2D eigenvalue weighted by Gasteiger charge is -2.08. The van der Waals surface area contributed by atoms with E-state index in [1.54, 1.807) is 7.11 Å². The number of nitrogens with zero attached hydrogens (tertiary/aromatic N) is 1. The van der Waals surface area contributed by atoms with Gasteiger partial charge in [-0.15, -0.1) is 0 Å². The summed E-state index contributed by atoms with van der Waals surface area (Å²) in [5.74, 6) is 1.34. The molecule has 104 valence electrons. The first-order valence-corrected chi connectivity index (χ1v) is 6.76. The van der Waals surface area contributed by atoms with Crippen molar-refractivity contribution in [2.75, 3.05) is 12.4 Å². The molecular weight excluding hydrogens is 254 g/mol. The molecule has 2 aromatic rings. The number of methoxy groups -OCH3 is 1. The number of ether oxygens (including phenoxy) is 1. The minimum absolute atomic E-state index is 0.0734. The van der Waals surface area contributed by atoms with E-state index in [0.717, 1.165) is 41.8 Å². The number of hydrogen-bond acceptors (Lipinski definition) is 3. The number of carbonyl (C=O) groups excluding carboxylic acids is 1. The first kappa shape index (κ1) is 12.7. The molecule has 1 amide bonds. The number of carbonyl (C=O) groups is 1. The third-order valence-corrected chi connectivity index (χ3v) is 3.61. The average molecular weight is 271 g/mol. The number of nitrogens with one attached hydrogen (secondary N) is 2. The van der Waals surface area contributed by atoms with Crippen molar-refractivity contribution in [1.82, 2.24) is 10.2 Å². The largest absolute Gasteiger partial charge is 0.496 e. The Morgan fingerprint density at radius 2 is 2.25 bits per heavy atom. The van der Waals surface area contributed by atoms with Crippen molar-refractivity contribution >= 4 is 11.7 Å². The third-order valence-electron chi connectivity index (χ3n) is 3.61. The van der Waals surface area contributed by atoms with Crippen LogP contribution < -0.4 is 10.1 Å². The lowest BCUT2D eigenvalue weighted by molar-refractivity contribution is -0.115. The summed E-state index contributed by atoms with van der Waals surface area (Å²) < 4.78 is 5.25. The number of aromatic amines is 1. The van der Waals surface area contributed by atoms with E-state index in [9.17, 15) is 4.79 Å². The van der Waals surface area contributed by atoms with E-state index >= 15 is 0 Å². The molecule has 3 rings (SSSR count). The Morgan fingerprint density at radius 3 is 3.10 bits per heavy atom. The van der Waals surface area contributed by atoms with Crippen molar-refractivity contribution in [3.8, 4) is 5.75 Å². The fourth-order valence-electron chi connectivity index (χ4n) is 2.62. The lowest BCUT2D eigenvalue weighted by atomic mass is 10.1. The predicted molar refractivity (Wildman–Crippen MR) is 75.9 cm³/mol. The van der Waals surface area contributed by atoms with Crippen LogP contribution in [0, 0.1) is 0 Å². The Morgan fingerprint density at radius 1 is 1.40 bits per heavy atom. The smallest absolute Gasteiger partial charge is 0.230 e. The molecule has 0 aliphatic heterocycles. The van der Waals surface area contributed by atoms with Crippen LogP contribution in [-0.2, 0) is 24.1 Å². The van der Waals surface area contributed by atoms with Gasteiger partial charge in [0.05, 0.1) is 13.5 Å². The molecule has 0 atom stereocenters. The zero-order valence-corrected chi connectivity index (χ0v) is 11.4. The quantitative estimate of drug-likeness (QED) is 0.894. The van der Waals surface area contributed by atoms with E-state index in [1.165, 1.54) is 0 Å². The monoisotopic (exact) mass is 271 g/mol. The Kier molecular flexibility index (Phi) is 3.41. The van der Waals surface area contributed by atoms with E-state index in [4.69, 9.17) is 4.74 Å². The second kappa shape index (κ2) is 5.36. The van der Waals surface area contributed by atoms with Crippen LogP contribution in [0.3, 0.4) is 0 Å². The molecule has 0 saturated carbocycles. The second-order valence-corrected chi connectivity index (χ2v) is 4.92. The summed E-state index contributed by atoms with van der Waals surface area (Å²) in [5, 5.41) is 10.0. The van der Waals surface area contributed by atoms with Crippen LogP contribution >= 0.6 is 0 Å². The second-order valence-electron chi connectivity index (χ2n) is 4.92. The Hall–Kier alpha value is -2.30. The summed E-state index contributed by atoms with van der Waals surface area (Å²) in [4.78, 5) is 12.1. The van der Waals surface area contributed by atoms with Gasteiger partial charge in [-0.25, -0.2) is 0 Å². The number of amides is 1. The minimum atomic E-state index is -0.0734. The van der Waals surface area contributed by atoms with Crippen LogP contribution in [0.4, 0.5) is 5.82 Å². The molecule has 5 heteroatoms. The Bertz CT molecular complexity index is 634. The van der Waals surface area contributed by atoms with E-state index in [2.05, 4.69) is 15.5 Å². The maximum atomic E-state index is 12.1. The van der Waals surface area contributed by atoms with Gasteiger partial charge in [-0.2, -0.15) is 5.10 Å². The van der Waals surface area contributed by atoms with Gasteiger partial charge in [-0.1, -0.05) is 18.2 Å². The number of para-hydroxylation sites is 1. The van der Waals surface area contributed by atoms with Crippen LogP contribution in [0.1, 0.15) is 23.2 Å². The highest BCUT2D eigenvalue weighted by Gasteiger charge is 2.20. The highest BCUT2D eigenvalue weighted by Crippen LogP contribution is 2.26. The molecule has 0 unspecified atom stereocenters. The van der Waals surface area contributed by atoms with Gasteiger partial charge in [0.15, 0.2) is 5.82 Å². The highest BCUT2D eigenvalue weighted by molar-refractivity contribution is 5.92. The molecule has 1 aromatic heterocycles. The minimum Gasteiger partial charge on any atom is -0.496 e. The molecule has 1 heterocycles. The maximum Gasteiger partial charge on any atom is 0.230 e. The van der Waals surface area contributed by atoms with Gasteiger partial charge in [0, 0.05) is 16.8 Å². The van der Waals surface area contributed by atoms with Gasteiger partial charge < -0.3 is 10.1 Å². The first-order valence-electron chi connectivity index (χ1n) is 6.76. The molecule has 0 spiro atoms. The van der Waals surface area contributed by atoms with Crippen LogP contribution in [-0.4, -0.2) is 23.2 Å². The van der Waals surface area contributed by atoms with Gasteiger partial charge >= 0.3 is 0 Å². The Labute approximate surface area is 117 Å². The number of H-pyrrole nitrogens is 1. The van der Waals surface area contributed by atoms with Gasteiger partial charge in [-0.3, -0.25) is 9.89 Å². The van der Waals surface area contributed by atoms with E-state index in [1.807, 2.05) is 24.3 Å². The topological polar surface area (TPSA) is 67.0 Å². The van der Waals surface area contributed by atoms with Crippen molar-refractivity contribution in [3.05, 3.63) is 41.1 Å². The number of aromatic nitrogens is 2. The lowest BCUT2D eigenvalue weighted by Crippen LogP contribution is -2.16. The fraction of sp³-hybridized carbons (Fsp3) is 0.333. The number of hydrogen-bond donors (Lipinski definition) is 2. The molecule has 1 aliphatic rings. The van der Waals surface area contributed by atoms with Crippen molar-refractivity contribution in [2.45, 2.75) is 25.7 Å². The van der Waals surface area contributed by atoms with Crippen LogP contribution in [0.2, 0.25) is 0 Å². The average Bonchev–Trinajstić information content (AvgIpc) is 3.04. The molecule has 5 nitrogen and oxygen atoms in total. The molecule has 1 aliphatic carbocycles. The number of anilines is 1. The molecule has 0 radical (unpaired) electrons. The fourth-order valence-corrected chi connectivity index (χ4v) is 2.62. The SMILES string of the molecule is COc1ccccc1CC(=O)Nc1n[nH]c2c1CCC2. The van der Waals surface area contributed by atoms with Crippen LogP contribution in [0.25, 0.3) is 0 Å². The maximum absolute atomic E-state index is 12.1. The summed E-state index contributed by atoms with van der Waals surface area (Å²) in [6.45, 7) is 0. The zero-order valence-electron chi connectivity index (χ0n) is 11.4. The zero-order chi connectivity index (χ0) is 13.9. The van der Waals surface area contributed by atoms with E-state index < -0.39 is 0 Å². The normalized spacial score (nSPS) is 13.1. The molecule has 0 saturated heterocycles. The van der Waals surface area contributed by atoms with Crippen LogP contribution in [0.5, 0.6) is 5.75 Å². The molecule has 0 bridgehead atoms. The van der Waals surface area contributed by atoms with E-state index in [-0.39, 0.29) is 12.3 Å².